The number of H-pyrrole nitrogens is 1. The van der Waals surface area contributed by atoms with Gasteiger partial charge in [0.15, 0.2) is 0 Å². The molecule has 0 radical (unpaired) electrons. The summed E-state index contributed by atoms with van der Waals surface area (Å²) >= 11 is 1.11. The molecule has 0 aliphatic heterocycles. The van der Waals surface area contributed by atoms with Gasteiger partial charge in [0.1, 0.15) is 4.88 Å². The average molecular weight is 358 g/mol. The van der Waals surface area contributed by atoms with Crippen molar-refractivity contribution in [3.8, 4) is 0 Å². The molecule has 8 heteroatoms. The molecule has 0 saturated heterocycles. The number of anilines is 1. The molecular formula is C17H18N4O3S. The zero-order chi connectivity index (χ0) is 18.2. The fourth-order valence-corrected chi connectivity index (χ4v) is 3.28. The standard InChI is InChI=1S/C17H18N4O3S/c1-17(2,3)15-18-11(13(25-15)14(23)24)8-12(22)21-16-19-9-6-4-5-7-10(9)20-16/h4-7H,8H2,1-3H3,(H,23,24)(H2,19,20,21,22). The third kappa shape index (κ3) is 3.69. The number of imidazole rings is 1. The van der Waals surface area contributed by atoms with E-state index in [1.165, 1.54) is 0 Å². The molecule has 7 nitrogen and oxygen atoms in total. The number of carbonyl (C=O) groups is 2. The Labute approximate surface area is 148 Å². The number of carboxylic acids is 1. The summed E-state index contributed by atoms with van der Waals surface area (Å²) in [5, 5.41) is 12.7. The summed E-state index contributed by atoms with van der Waals surface area (Å²) in [6.45, 7) is 5.86. The monoisotopic (exact) mass is 358 g/mol. The molecule has 0 fully saturated rings. The third-order valence-electron chi connectivity index (χ3n) is 3.51. The molecule has 0 aliphatic carbocycles. The first-order valence-corrected chi connectivity index (χ1v) is 8.54. The Kier molecular flexibility index (Phi) is 4.30. The van der Waals surface area contributed by atoms with Gasteiger partial charge in [0, 0.05) is 5.41 Å². The summed E-state index contributed by atoms with van der Waals surface area (Å²) in [6.07, 6.45) is -0.120. The van der Waals surface area contributed by atoms with Gasteiger partial charge in [0.25, 0.3) is 0 Å². The van der Waals surface area contributed by atoms with Crippen LogP contribution in [0, 0.1) is 0 Å². The van der Waals surface area contributed by atoms with E-state index >= 15 is 0 Å². The van der Waals surface area contributed by atoms with Crippen molar-refractivity contribution in [1.29, 1.82) is 0 Å². The molecule has 25 heavy (non-hydrogen) atoms. The molecule has 2 heterocycles. The molecule has 3 rings (SSSR count). The Morgan fingerprint density at radius 1 is 1.24 bits per heavy atom. The van der Waals surface area contributed by atoms with E-state index in [1.807, 2.05) is 45.0 Å². The van der Waals surface area contributed by atoms with Crippen molar-refractivity contribution >= 4 is 40.2 Å². The minimum Gasteiger partial charge on any atom is -0.477 e. The van der Waals surface area contributed by atoms with Crippen molar-refractivity contribution in [2.75, 3.05) is 5.32 Å². The van der Waals surface area contributed by atoms with Crippen molar-refractivity contribution in [3.05, 3.63) is 39.8 Å². The van der Waals surface area contributed by atoms with E-state index in [1.54, 1.807) is 0 Å². The number of fused-ring (bicyclic) bond motifs is 1. The van der Waals surface area contributed by atoms with Crippen LogP contribution in [-0.4, -0.2) is 31.9 Å². The topological polar surface area (TPSA) is 108 Å². The number of aromatic amines is 1. The lowest BCUT2D eigenvalue weighted by molar-refractivity contribution is -0.115. The lowest BCUT2D eigenvalue weighted by atomic mass is 9.98. The third-order valence-corrected chi connectivity index (χ3v) is 5.02. The number of nitrogens with one attached hydrogen (secondary N) is 2. The molecule has 130 valence electrons. The van der Waals surface area contributed by atoms with Gasteiger partial charge in [-0.3, -0.25) is 10.1 Å². The first-order valence-electron chi connectivity index (χ1n) is 7.72. The quantitative estimate of drug-likeness (QED) is 0.664. The summed E-state index contributed by atoms with van der Waals surface area (Å²) in [5.41, 5.74) is 1.55. The van der Waals surface area contributed by atoms with Gasteiger partial charge < -0.3 is 10.1 Å². The van der Waals surface area contributed by atoms with E-state index in [2.05, 4.69) is 20.3 Å². The number of aromatic nitrogens is 3. The fourth-order valence-electron chi connectivity index (χ4n) is 2.30. The summed E-state index contributed by atoms with van der Waals surface area (Å²) in [6, 6.07) is 7.42. The average Bonchev–Trinajstić information content (AvgIpc) is 3.09. The van der Waals surface area contributed by atoms with Crippen LogP contribution in [-0.2, 0) is 16.6 Å². The summed E-state index contributed by atoms with van der Waals surface area (Å²) in [4.78, 5) is 35.5. The lowest BCUT2D eigenvalue weighted by Crippen LogP contribution is -2.17. The highest BCUT2D eigenvalue weighted by Crippen LogP contribution is 2.29. The zero-order valence-corrected chi connectivity index (χ0v) is 14.9. The lowest BCUT2D eigenvalue weighted by Gasteiger charge is -2.13. The second kappa shape index (κ2) is 6.29. The maximum absolute atomic E-state index is 12.3. The highest BCUT2D eigenvalue weighted by Gasteiger charge is 2.25. The number of amides is 1. The number of hydrogen-bond acceptors (Lipinski definition) is 5. The van der Waals surface area contributed by atoms with Crippen molar-refractivity contribution in [2.24, 2.45) is 0 Å². The van der Waals surface area contributed by atoms with E-state index in [-0.39, 0.29) is 28.3 Å². The van der Waals surface area contributed by atoms with Gasteiger partial charge in [-0.2, -0.15) is 0 Å². The SMILES string of the molecule is CC(C)(C)c1nc(CC(=O)Nc2nc3ccccc3[nH]2)c(C(=O)O)s1. The highest BCUT2D eigenvalue weighted by atomic mass is 32.1. The predicted molar refractivity (Wildman–Crippen MR) is 96.2 cm³/mol. The van der Waals surface area contributed by atoms with Crippen LogP contribution in [0.1, 0.15) is 41.1 Å². The number of para-hydroxylation sites is 2. The molecule has 0 atom stereocenters. The van der Waals surface area contributed by atoms with Crippen molar-refractivity contribution in [1.82, 2.24) is 15.0 Å². The van der Waals surface area contributed by atoms with Crippen LogP contribution in [0.25, 0.3) is 11.0 Å². The molecule has 0 saturated carbocycles. The number of aromatic carboxylic acids is 1. The van der Waals surface area contributed by atoms with Gasteiger partial charge >= 0.3 is 5.97 Å². The molecule has 0 unspecified atom stereocenters. The van der Waals surface area contributed by atoms with Crippen molar-refractivity contribution in [2.45, 2.75) is 32.6 Å². The number of rotatable bonds is 4. The van der Waals surface area contributed by atoms with Gasteiger partial charge in [-0.05, 0) is 12.1 Å². The fraction of sp³-hybridized carbons (Fsp3) is 0.294. The Hall–Kier alpha value is -2.74. The number of hydrogen-bond donors (Lipinski definition) is 3. The second-order valence-corrected chi connectivity index (χ2v) is 7.68. The van der Waals surface area contributed by atoms with Crippen LogP contribution >= 0.6 is 11.3 Å². The second-order valence-electron chi connectivity index (χ2n) is 6.68. The largest absolute Gasteiger partial charge is 0.477 e. The maximum Gasteiger partial charge on any atom is 0.347 e. The molecule has 1 aromatic carbocycles. The molecule has 3 N–H and O–H groups in total. The van der Waals surface area contributed by atoms with Crippen LogP contribution in [0.4, 0.5) is 5.95 Å². The smallest absolute Gasteiger partial charge is 0.347 e. The summed E-state index contributed by atoms with van der Waals surface area (Å²) in [5.74, 6) is -1.11. The Bertz CT molecular complexity index is 919. The van der Waals surface area contributed by atoms with E-state index in [0.29, 0.717) is 11.0 Å². The van der Waals surface area contributed by atoms with Crippen LogP contribution in [0.15, 0.2) is 24.3 Å². The van der Waals surface area contributed by atoms with E-state index < -0.39 is 5.97 Å². The van der Waals surface area contributed by atoms with Gasteiger partial charge in [0.05, 0.1) is 28.2 Å². The summed E-state index contributed by atoms with van der Waals surface area (Å²) in [7, 11) is 0. The van der Waals surface area contributed by atoms with Crippen LogP contribution < -0.4 is 5.32 Å². The predicted octanol–water partition coefficient (Wildman–Crippen LogP) is 3.20. The van der Waals surface area contributed by atoms with Gasteiger partial charge in [-0.15, -0.1) is 11.3 Å². The number of carboxylic acid groups (broad SMARTS) is 1. The highest BCUT2D eigenvalue weighted by molar-refractivity contribution is 7.13. The van der Waals surface area contributed by atoms with Gasteiger partial charge in [-0.25, -0.2) is 14.8 Å². The van der Waals surface area contributed by atoms with Crippen molar-refractivity contribution in [3.63, 3.8) is 0 Å². The van der Waals surface area contributed by atoms with E-state index in [4.69, 9.17) is 0 Å². The molecule has 3 aromatic rings. The number of nitrogens with zero attached hydrogens (tertiary/aromatic N) is 2. The van der Waals surface area contributed by atoms with Crippen LogP contribution in [0.2, 0.25) is 0 Å². The van der Waals surface area contributed by atoms with Gasteiger partial charge in [0.2, 0.25) is 11.9 Å². The number of thiazole rings is 1. The Morgan fingerprint density at radius 3 is 2.60 bits per heavy atom. The van der Waals surface area contributed by atoms with Gasteiger partial charge in [-0.1, -0.05) is 32.9 Å². The minimum atomic E-state index is -1.07. The summed E-state index contributed by atoms with van der Waals surface area (Å²) < 4.78 is 0. The molecule has 0 aliphatic rings. The van der Waals surface area contributed by atoms with E-state index in [0.717, 1.165) is 22.4 Å². The first-order chi connectivity index (χ1) is 11.7. The molecule has 2 aromatic heterocycles. The maximum atomic E-state index is 12.3. The number of carbonyl (C=O) groups excluding carboxylic acids is 1. The molecule has 1 amide bonds. The van der Waals surface area contributed by atoms with E-state index in [9.17, 15) is 14.7 Å². The minimum absolute atomic E-state index is 0.102. The zero-order valence-electron chi connectivity index (χ0n) is 14.1. The normalized spacial score (nSPS) is 11.6. The molecular weight excluding hydrogens is 340 g/mol. The molecule has 0 bridgehead atoms. The Morgan fingerprint density at radius 2 is 1.96 bits per heavy atom. The van der Waals surface area contributed by atoms with Crippen LogP contribution in [0.5, 0.6) is 0 Å². The Balaban J connectivity index is 1.80. The van der Waals surface area contributed by atoms with Crippen molar-refractivity contribution < 1.29 is 14.7 Å². The molecule has 0 spiro atoms. The first kappa shape index (κ1) is 17.1. The number of benzene rings is 1. The van der Waals surface area contributed by atoms with Crippen LogP contribution in [0.3, 0.4) is 0 Å².